The Hall–Kier alpha value is -0.640. The van der Waals surface area contributed by atoms with E-state index in [1.165, 1.54) is 0 Å². The van der Waals surface area contributed by atoms with Gasteiger partial charge in [0.1, 0.15) is 6.61 Å². The van der Waals surface area contributed by atoms with Gasteiger partial charge in [-0.1, -0.05) is 0 Å². The van der Waals surface area contributed by atoms with Gasteiger partial charge in [-0.2, -0.15) is 17.2 Å². The highest BCUT2D eigenvalue weighted by Crippen LogP contribution is 2.58. The fourth-order valence-electron chi connectivity index (χ4n) is 4.75. The summed E-state index contributed by atoms with van der Waals surface area (Å²) in [4.78, 5) is 11.4. The minimum Gasteiger partial charge on any atom is -0.390 e. The topological polar surface area (TPSA) is 101 Å². The standard InChI is InChI=1S/C13H18F2O6S/c14-13(15,22(18,19)20)10(16)6-21-12-4-8-1-9(5-12)3-11(17,2-8)7-12/h8-9,17H,1-7H2,(H,18,19,20). The smallest absolute Gasteiger partial charge is 0.390 e. The normalized spacial score (nSPS) is 40.9. The quantitative estimate of drug-likeness (QED) is 0.728. The van der Waals surface area contributed by atoms with Crippen LogP contribution in [0.5, 0.6) is 0 Å². The molecule has 0 heterocycles. The highest BCUT2D eigenvalue weighted by atomic mass is 32.2. The number of hydrogen-bond donors (Lipinski definition) is 2. The lowest BCUT2D eigenvalue weighted by Gasteiger charge is -2.59. The van der Waals surface area contributed by atoms with Crippen molar-refractivity contribution in [2.45, 2.75) is 55.0 Å². The Kier molecular flexibility index (Phi) is 3.46. The van der Waals surface area contributed by atoms with Crippen LogP contribution in [0.2, 0.25) is 0 Å². The van der Waals surface area contributed by atoms with E-state index >= 15 is 0 Å². The zero-order valence-electron chi connectivity index (χ0n) is 11.8. The SMILES string of the molecule is O=C(COC12CC3CC(CC(O)(C3)C1)C2)C(F)(F)S(=O)(=O)O. The first-order chi connectivity index (χ1) is 9.95. The summed E-state index contributed by atoms with van der Waals surface area (Å²) in [5.74, 6) is -1.51. The number of alkyl halides is 2. The largest absolute Gasteiger partial charge is 0.429 e. The molecule has 2 N–H and O–H groups in total. The fourth-order valence-corrected chi connectivity index (χ4v) is 5.09. The lowest BCUT2D eigenvalue weighted by molar-refractivity contribution is -0.221. The van der Waals surface area contributed by atoms with Crippen molar-refractivity contribution >= 4 is 15.9 Å². The molecule has 0 saturated heterocycles. The summed E-state index contributed by atoms with van der Waals surface area (Å²) in [5.41, 5.74) is -1.72. The maximum atomic E-state index is 13.2. The van der Waals surface area contributed by atoms with Crippen molar-refractivity contribution in [1.82, 2.24) is 0 Å². The molecule has 0 aromatic carbocycles. The molecule has 0 aliphatic heterocycles. The van der Waals surface area contributed by atoms with Gasteiger partial charge in [0, 0.05) is 6.42 Å². The number of rotatable bonds is 5. The highest BCUT2D eigenvalue weighted by molar-refractivity contribution is 7.87. The van der Waals surface area contributed by atoms with Gasteiger partial charge in [-0.15, -0.1) is 0 Å². The molecule has 2 unspecified atom stereocenters. The molecule has 0 aromatic rings. The Morgan fingerprint density at radius 1 is 1.23 bits per heavy atom. The van der Waals surface area contributed by atoms with Gasteiger partial charge in [0.15, 0.2) is 0 Å². The molecule has 126 valence electrons. The number of ether oxygens (including phenoxy) is 1. The van der Waals surface area contributed by atoms with E-state index in [0.717, 1.165) is 6.42 Å². The van der Waals surface area contributed by atoms with E-state index in [1.807, 2.05) is 0 Å². The van der Waals surface area contributed by atoms with E-state index < -0.39 is 39.0 Å². The number of carbonyl (C=O) groups excluding carboxylic acids is 1. The van der Waals surface area contributed by atoms with Gasteiger partial charge in [-0.25, -0.2) is 0 Å². The summed E-state index contributed by atoms with van der Waals surface area (Å²) in [5, 5.41) is 5.60. The first-order valence-electron chi connectivity index (χ1n) is 7.19. The van der Waals surface area contributed by atoms with Crippen molar-refractivity contribution in [2.24, 2.45) is 11.8 Å². The molecule has 0 aromatic heterocycles. The van der Waals surface area contributed by atoms with Crippen LogP contribution in [0.15, 0.2) is 0 Å². The van der Waals surface area contributed by atoms with Crippen molar-refractivity contribution in [2.75, 3.05) is 6.61 Å². The predicted octanol–water partition coefficient (Wildman–Crippen LogP) is 1.14. The average molecular weight is 340 g/mol. The molecular weight excluding hydrogens is 322 g/mol. The number of ketones is 1. The maximum absolute atomic E-state index is 13.2. The molecule has 4 bridgehead atoms. The van der Waals surface area contributed by atoms with E-state index in [0.29, 0.717) is 25.7 Å². The molecular formula is C13H18F2O6S. The maximum Gasteiger partial charge on any atom is 0.429 e. The summed E-state index contributed by atoms with van der Waals surface area (Å²) in [6, 6.07) is 0. The number of Topliss-reactive ketones (excluding diaryl/α,β-unsaturated/α-hetero) is 1. The number of hydrogen-bond acceptors (Lipinski definition) is 5. The average Bonchev–Trinajstić information content (AvgIpc) is 2.31. The van der Waals surface area contributed by atoms with E-state index in [4.69, 9.17) is 9.29 Å². The van der Waals surface area contributed by atoms with Crippen molar-refractivity contribution in [3.8, 4) is 0 Å². The molecule has 4 aliphatic rings. The lowest BCUT2D eigenvalue weighted by Crippen LogP contribution is -2.60. The third kappa shape index (κ3) is 2.57. The van der Waals surface area contributed by atoms with E-state index in [2.05, 4.69) is 0 Å². The van der Waals surface area contributed by atoms with Gasteiger partial charge < -0.3 is 9.84 Å². The number of aliphatic hydroxyl groups is 1. The summed E-state index contributed by atoms with van der Waals surface area (Å²) in [6.07, 6.45) is 3.71. The Morgan fingerprint density at radius 3 is 2.23 bits per heavy atom. The summed E-state index contributed by atoms with van der Waals surface area (Å²) < 4.78 is 61.4. The van der Waals surface area contributed by atoms with Gasteiger partial charge in [-0.3, -0.25) is 9.35 Å². The lowest BCUT2D eigenvalue weighted by atomic mass is 9.52. The molecule has 4 rings (SSSR count). The minimum absolute atomic E-state index is 0.239. The fraction of sp³-hybridized carbons (Fsp3) is 0.923. The highest BCUT2D eigenvalue weighted by Gasteiger charge is 2.59. The molecule has 22 heavy (non-hydrogen) atoms. The van der Waals surface area contributed by atoms with E-state index in [9.17, 15) is 27.1 Å². The Labute approximate surface area is 126 Å². The Balaban J connectivity index is 1.71. The minimum atomic E-state index is -5.80. The summed E-state index contributed by atoms with van der Waals surface area (Å²) >= 11 is 0. The molecule has 4 fully saturated rings. The number of carbonyl (C=O) groups is 1. The van der Waals surface area contributed by atoms with Crippen LogP contribution >= 0.6 is 0 Å². The molecule has 6 nitrogen and oxygen atoms in total. The van der Waals surface area contributed by atoms with Crippen molar-refractivity contribution in [1.29, 1.82) is 0 Å². The molecule has 4 saturated carbocycles. The third-order valence-electron chi connectivity index (χ3n) is 5.13. The first kappa shape index (κ1) is 16.2. The zero-order valence-corrected chi connectivity index (χ0v) is 12.6. The number of halogens is 2. The van der Waals surface area contributed by atoms with Crippen LogP contribution < -0.4 is 0 Å². The van der Waals surface area contributed by atoms with Crippen LogP contribution in [0.4, 0.5) is 8.78 Å². The van der Waals surface area contributed by atoms with E-state index in [1.54, 1.807) is 0 Å². The van der Waals surface area contributed by atoms with Crippen LogP contribution in [0, 0.1) is 11.8 Å². The Morgan fingerprint density at radius 2 is 1.77 bits per heavy atom. The summed E-state index contributed by atoms with van der Waals surface area (Å²) in [6.45, 7) is -1.09. The van der Waals surface area contributed by atoms with Crippen LogP contribution in [0.1, 0.15) is 38.5 Å². The zero-order chi connectivity index (χ0) is 16.4. The molecule has 4 aliphatic carbocycles. The van der Waals surface area contributed by atoms with Crippen molar-refractivity contribution in [3.05, 3.63) is 0 Å². The van der Waals surface area contributed by atoms with Gasteiger partial charge in [-0.05, 0) is 43.9 Å². The van der Waals surface area contributed by atoms with Crippen LogP contribution in [-0.2, 0) is 19.6 Å². The summed E-state index contributed by atoms with van der Waals surface area (Å²) in [7, 11) is -5.80. The Bertz CT molecular complexity index is 588. The molecule has 9 heteroatoms. The monoisotopic (exact) mass is 340 g/mol. The molecule has 0 radical (unpaired) electrons. The van der Waals surface area contributed by atoms with Crippen LogP contribution in [-0.4, -0.2) is 46.9 Å². The second-order valence-corrected chi connectivity index (χ2v) is 8.53. The van der Waals surface area contributed by atoms with Gasteiger partial charge >= 0.3 is 15.4 Å². The second kappa shape index (κ2) is 4.68. The van der Waals surface area contributed by atoms with Crippen LogP contribution in [0.25, 0.3) is 0 Å². The van der Waals surface area contributed by atoms with Crippen LogP contribution in [0.3, 0.4) is 0 Å². The van der Waals surface area contributed by atoms with Gasteiger partial charge in [0.25, 0.3) is 0 Å². The second-order valence-electron chi connectivity index (χ2n) is 7.07. The predicted molar refractivity (Wildman–Crippen MR) is 69.8 cm³/mol. The third-order valence-corrected chi connectivity index (χ3v) is 6.01. The van der Waals surface area contributed by atoms with Gasteiger partial charge in [0.05, 0.1) is 11.2 Å². The molecule has 0 spiro atoms. The van der Waals surface area contributed by atoms with E-state index in [-0.39, 0.29) is 18.3 Å². The van der Waals surface area contributed by atoms with Crippen molar-refractivity contribution in [3.63, 3.8) is 0 Å². The van der Waals surface area contributed by atoms with Crippen molar-refractivity contribution < 1.29 is 36.4 Å². The first-order valence-corrected chi connectivity index (χ1v) is 8.63. The molecule has 2 atom stereocenters. The van der Waals surface area contributed by atoms with Gasteiger partial charge in [0.2, 0.25) is 5.78 Å². The molecule has 0 amide bonds.